The number of aliphatic hydroxyl groups is 1. The van der Waals surface area contributed by atoms with E-state index in [-0.39, 0.29) is 0 Å². The minimum atomic E-state index is -0.541. The van der Waals surface area contributed by atoms with Crippen molar-refractivity contribution in [3.63, 3.8) is 0 Å². The summed E-state index contributed by atoms with van der Waals surface area (Å²) in [5.41, 5.74) is 1.96. The summed E-state index contributed by atoms with van der Waals surface area (Å²) in [6, 6.07) is 13.7. The van der Waals surface area contributed by atoms with Crippen LogP contribution in [0.15, 0.2) is 51.4 Å². The summed E-state index contributed by atoms with van der Waals surface area (Å²) in [4.78, 5) is 0. The molecule has 0 heterocycles. The maximum Gasteiger partial charge on any atom is 0.123 e. The highest BCUT2D eigenvalue weighted by atomic mass is 79.9. The smallest absolute Gasteiger partial charge is 0.123 e. The fourth-order valence-electron chi connectivity index (χ4n) is 2.16. The zero-order valence-electron chi connectivity index (χ0n) is 12.4. The van der Waals surface area contributed by atoms with Crippen molar-refractivity contribution in [2.24, 2.45) is 0 Å². The second kappa shape index (κ2) is 8.67. The fourth-order valence-corrected chi connectivity index (χ4v) is 2.98. The zero-order chi connectivity index (χ0) is 15.9. The molecule has 0 aliphatic heterocycles. The van der Waals surface area contributed by atoms with Gasteiger partial charge in [0.1, 0.15) is 5.75 Å². The van der Waals surface area contributed by atoms with Gasteiger partial charge in [-0.2, -0.15) is 0 Å². The van der Waals surface area contributed by atoms with Crippen LogP contribution in [0.3, 0.4) is 0 Å². The first-order valence-corrected chi connectivity index (χ1v) is 8.74. The summed E-state index contributed by atoms with van der Waals surface area (Å²) in [5, 5.41) is 13.5. The standard InChI is InChI=1S/C17H19Br2NO2/c1-2-22-17-7-6-15(19)9-13(17)10-20-11-16(21)12-4-3-5-14(18)8-12/h3-9,16,20-21H,2,10-11H2,1H3/t16-/m1/s1. The third-order valence-corrected chi connectivity index (χ3v) is 4.20. The number of nitrogens with one attached hydrogen (secondary N) is 1. The number of hydrogen-bond acceptors (Lipinski definition) is 3. The van der Waals surface area contributed by atoms with E-state index >= 15 is 0 Å². The van der Waals surface area contributed by atoms with Gasteiger partial charge in [-0.25, -0.2) is 0 Å². The van der Waals surface area contributed by atoms with Crippen LogP contribution in [0.4, 0.5) is 0 Å². The van der Waals surface area contributed by atoms with Gasteiger partial charge in [0, 0.05) is 27.6 Å². The Morgan fingerprint density at radius 2 is 1.91 bits per heavy atom. The summed E-state index contributed by atoms with van der Waals surface area (Å²) >= 11 is 6.89. The highest BCUT2D eigenvalue weighted by Crippen LogP contribution is 2.23. The number of aliphatic hydroxyl groups excluding tert-OH is 1. The van der Waals surface area contributed by atoms with Gasteiger partial charge in [0.05, 0.1) is 12.7 Å². The van der Waals surface area contributed by atoms with E-state index in [1.807, 2.05) is 49.4 Å². The van der Waals surface area contributed by atoms with Crippen LogP contribution in [-0.2, 0) is 6.54 Å². The summed E-state index contributed by atoms with van der Waals surface area (Å²) in [5.74, 6) is 0.871. The molecule has 118 valence electrons. The molecule has 0 saturated heterocycles. The molecule has 0 aliphatic carbocycles. The molecule has 2 N–H and O–H groups in total. The molecule has 0 saturated carbocycles. The van der Waals surface area contributed by atoms with Crippen LogP contribution < -0.4 is 10.1 Å². The van der Waals surface area contributed by atoms with Gasteiger partial charge in [0.25, 0.3) is 0 Å². The molecule has 0 aliphatic rings. The average molecular weight is 429 g/mol. The van der Waals surface area contributed by atoms with Gasteiger partial charge in [-0.3, -0.25) is 0 Å². The molecule has 0 spiro atoms. The van der Waals surface area contributed by atoms with Crippen molar-refractivity contribution in [3.8, 4) is 5.75 Å². The lowest BCUT2D eigenvalue weighted by molar-refractivity contribution is 0.174. The molecule has 0 amide bonds. The first-order valence-electron chi connectivity index (χ1n) is 7.15. The average Bonchev–Trinajstić information content (AvgIpc) is 2.50. The Morgan fingerprint density at radius 3 is 2.64 bits per heavy atom. The first kappa shape index (κ1) is 17.5. The Kier molecular flexibility index (Phi) is 6.89. The van der Waals surface area contributed by atoms with E-state index in [2.05, 4.69) is 37.2 Å². The van der Waals surface area contributed by atoms with Crippen LogP contribution in [0.2, 0.25) is 0 Å². The Balaban J connectivity index is 1.94. The van der Waals surface area contributed by atoms with Gasteiger partial charge in [-0.05, 0) is 42.8 Å². The first-order chi connectivity index (χ1) is 10.6. The van der Waals surface area contributed by atoms with Crippen LogP contribution in [0.25, 0.3) is 0 Å². The van der Waals surface area contributed by atoms with Gasteiger partial charge >= 0.3 is 0 Å². The second-order valence-corrected chi connectivity index (χ2v) is 6.72. The van der Waals surface area contributed by atoms with Crippen molar-refractivity contribution < 1.29 is 9.84 Å². The Morgan fingerprint density at radius 1 is 1.14 bits per heavy atom. The molecule has 0 radical (unpaired) electrons. The Hall–Kier alpha value is -0.880. The van der Waals surface area contributed by atoms with Crippen LogP contribution in [0.1, 0.15) is 24.2 Å². The molecule has 2 rings (SSSR count). The van der Waals surface area contributed by atoms with E-state index in [0.29, 0.717) is 19.7 Å². The summed E-state index contributed by atoms with van der Waals surface area (Å²) in [6.45, 7) is 3.72. The minimum Gasteiger partial charge on any atom is -0.494 e. The van der Waals surface area contributed by atoms with Crippen molar-refractivity contribution in [2.45, 2.75) is 19.6 Å². The van der Waals surface area contributed by atoms with Crippen LogP contribution in [-0.4, -0.2) is 18.3 Å². The van der Waals surface area contributed by atoms with E-state index < -0.39 is 6.10 Å². The van der Waals surface area contributed by atoms with E-state index in [4.69, 9.17) is 4.74 Å². The van der Waals surface area contributed by atoms with Crippen molar-refractivity contribution >= 4 is 31.9 Å². The summed E-state index contributed by atoms with van der Waals surface area (Å²) < 4.78 is 7.60. The molecule has 3 nitrogen and oxygen atoms in total. The SMILES string of the molecule is CCOc1ccc(Br)cc1CNC[C@@H](O)c1cccc(Br)c1. The highest BCUT2D eigenvalue weighted by molar-refractivity contribution is 9.10. The zero-order valence-corrected chi connectivity index (χ0v) is 15.5. The normalized spacial score (nSPS) is 12.2. The lowest BCUT2D eigenvalue weighted by Crippen LogP contribution is -2.21. The van der Waals surface area contributed by atoms with Crippen molar-refractivity contribution in [1.29, 1.82) is 0 Å². The predicted octanol–water partition coefficient (Wildman–Crippen LogP) is 4.43. The number of ether oxygens (including phenoxy) is 1. The largest absolute Gasteiger partial charge is 0.494 e. The molecule has 0 fully saturated rings. The monoisotopic (exact) mass is 427 g/mol. The van der Waals surface area contributed by atoms with E-state index in [0.717, 1.165) is 25.8 Å². The van der Waals surface area contributed by atoms with Gasteiger partial charge in [0.15, 0.2) is 0 Å². The quantitative estimate of drug-likeness (QED) is 0.685. The summed E-state index contributed by atoms with van der Waals surface area (Å²) in [7, 11) is 0. The van der Waals surface area contributed by atoms with Gasteiger partial charge in [0.2, 0.25) is 0 Å². The lowest BCUT2D eigenvalue weighted by Gasteiger charge is -2.15. The van der Waals surface area contributed by atoms with Gasteiger partial charge in [-0.1, -0.05) is 44.0 Å². The maximum absolute atomic E-state index is 10.2. The molecule has 0 unspecified atom stereocenters. The van der Waals surface area contributed by atoms with E-state index in [1.165, 1.54) is 0 Å². The molecular weight excluding hydrogens is 410 g/mol. The van der Waals surface area contributed by atoms with Crippen molar-refractivity contribution in [3.05, 3.63) is 62.5 Å². The molecule has 2 aromatic carbocycles. The predicted molar refractivity (Wildman–Crippen MR) is 96.1 cm³/mol. The van der Waals surface area contributed by atoms with E-state index in [1.54, 1.807) is 0 Å². The van der Waals surface area contributed by atoms with Crippen LogP contribution in [0.5, 0.6) is 5.75 Å². The van der Waals surface area contributed by atoms with Gasteiger partial charge < -0.3 is 15.2 Å². The topological polar surface area (TPSA) is 41.5 Å². The lowest BCUT2D eigenvalue weighted by atomic mass is 10.1. The molecule has 0 bridgehead atoms. The number of benzene rings is 2. The molecule has 22 heavy (non-hydrogen) atoms. The van der Waals surface area contributed by atoms with Gasteiger partial charge in [-0.15, -0.1) is 0 Å². The number of halogens is 2. The Bertz CT molecular complexity index is 619. The second-order valence-electron chi connectivity index (χ2n) is 4.89. The third-order valence-electron chi connectivity index (χ3n) is 3.21. The minimum absolute atomic E-state index is 0.481. The number of rotatable bonds is 7. The molecule has 1 atom stereocenters. The third kappa shape index (κ3) is 5.09. The number of hydrogen-bond donors (Lipinski definition) is 2. The molecule has 0 aromatic heterocycles. The van der Waals surface area contributed by atoms with Crippen molar-refractivity contribution in [1.82, 2.24) is 5.32 Å². The molecule has 5 heteroatoms. The molecular formula is C17H19Br2NO2. The van der Waals surface area contributed by atoms with Crippen molar-refractivity contribution in [2.75, 3.05) is 13.2 Å². The Labute approximate surface area is 148 Å². The highest BCUT2D eigenvalue weighted by Gasteiger charge is 2.09. The molecule has 2 aromatic rings. The summed E-state index contributed by atoms with van der Waals surface area (Å²) in [6.07, 6.45) is -0.541. The van der Waals surface area contributed by atoms with Crippen LogP contribution >= 0.6 is 31.9 Å². The fraction of sp³-hybridized carbons (Fsp3) is 0.294. The van der Waals surface area contributed by atoms with E-state index in [9.17, 15) is 5.11 Å². The maximum atomic E-state index is 10.2. The van der Waals surface area contributed by atoms with Crippen LogP contribution in [0, 0.1) is 0 Å².